The monoisotopic (exact) mass is 234 g/mol. The molecule has 7 heteroatoms. The van der Waals surface area contributed by atoms with Crippen LogP contribution in [0.15, 0.2) is 0 Å². The molecule has 0 radical (unpaired) electrons. The Kier molecular flexibility index (Phi) is 4.87. The fourth-order valence-electron chi connectivity index (χ4n) is 0.630. The Morgan fingerprint density at radius 3 is 2.21 bits per heavy atom. The first-order chi connectivity index (χ1) is 6.20. The van der Waals surface area contributed by atoms with Crippen LogP contribution in [0.3, 0.4) is 0 Å². The number of alkyl halides is 3. The Hall–Kier alpha value is -0.300. The van der Waals surface area contributed by atoms with Crippen LogP contribution in [0, 0.1) is 5.92 Å². The highest BCUT2D eigenvalue weighted by Crippen LogP contribution is 2.24. The van der Waals surface area contributed by atoms with E-state index in [1.807, 2.05) is 13.8 Å². The first-order valence-electron chi connectivity index (χ1n) is 4.16. The Labute approximate surface area is 81.4 Å². The molecule has 0 heterocycles. The number of halogens is 3. The fourth-order valence-corrected chi connectivity index (χ4v) is 1.08. The SMILES string of the molecule is CC[C@H](C)CCOS(=O)(=O)C(F)(F)F. The number of hydrogen-bond acceptors (Lipinski definition) is 3. The van der Waals surface area contributed by atoms with Gasteiger partial charge in [0.25, 0.3) is 0 Å². The molecule has 0 amide bonds. The third-order valence-electron chi connectivity index (χ3n) is 1.83. The highest BCUT2D eigenvalue weighted by Gasteiger charge is 2.47. The Morgan fingerprint density at radius 1 is 1.36 bits per heavy atom. The molecule has 0 saturated carbocycles. The van der Waals surface area contributed by atoms with Crippen LogP contribution in [0.5, 0.6) is 0 Å². The van der Waals surface area contributed by atoms with Gasteiger partial charge in [-0.2, -0.15) is 21.6 Å². The molecule has 0 aliphatic heterocycles. The molecule has 0 rings (SSSR count). The summed E-state index contributed by atoms with van der Waals surface area (Å²) >= 11 is 0. The summed E-state index contributed by atoms with van der Waals surface area (Å²) < 4.78 is 59.7. The van der Waals surface area contributed by atoms with E-state index in [2.05, 4.69) is 4.18 Å². The van der Waals surface area contributed by atoms with Crippen LogP contribution >= 0.6 is 0 Å². The minimum Gasteiger partial charge on any atom is -0.263 e. The fraction of sp³-hybridized carbons (Fsp3) is 1.00. The van der Waals surface area contributed by atoms with E-state index in [0.717, 1.165) is 6.42 Å². The van der Waals surface area contributed by atoms with Crippen LogP contribution in [0.1, 0.15) is 26.7 Å². The summed E-state index contributed by atoms with van der Waals surface area (Å²) in [5.41, 5.74) is -5.32. The quantitative estimate of drug-likeness (QED) is 0.541. The summed E-state index contributed by atoms with van der Waals surface area (Å²) in [4.78, 5) is 0. The molecule has 0 aromatic heterocycles. The maximum atomic E-state index is 11.7. The molecule has 0 bridgehead atoms. The van der Waals surface area contributed by atoms with Gasteiger partial charge in [-0.3, -0.25) is 4.18 Å². The van der Waals surface area contributed by atoms with E-state index in [1.165, 1.54) is 0 Å². The summed E-state index contributed by atoms with van der Waals surface area (Å²) in [5.74, 6) is 0.151. The lowest BCUT2D eigenvalue weighted by Gasteiger charge is -2.10. The van der Waals surface area contributed by atoms with E-state index < -0.39 is 22.2 Å². The molecule has 0 aromatic carbocycles. The number of hydrogen-bond donors (Lipinski definition) is 0. The van der Waals surface area contributed by atoms with Crippen molar-refractivity contribution >= 4 is 10.1 Å². The lowest BCUT2D eigenvalue weighted by atomic mass is 10.1. The van der Waals surface area contributed by atoms with Gasteiger partial charge in [0.05, 0.1) is 6.61 Å². The van der Waals surface area contributed by atoms with Gasteiger partial charge in [-0.05, 0) is 12.3 Å². The van der Waals surface area contributed by atoms with Gasteiger partial charge in [0.15, 0.2) is 0 Å². The van der Waals surface area contributed by atoms with Crippen molar-refractivity contribution in [1.29, 1.82) is 0 Å². The number of rotatable bonds is 5. The van der Waals surface area contributed by atoms with Gasteiger partial charge in [0.1, 0.15) is 0 Å². The van der Waals surface area contributed by atoms with Crippen LogP contribution in [0.25, 0.3) is 0 Å². The second kappa shape index (κ2) is 4.97. The lowest BCUT2D eigenvalue weighted by Crippen LogP contribution is -2.26. The summed E-state index contributed by atoms with van der Waals surface area (Å²) in [6, 6.07) is 0. The molecule has 0 aromatic rings. The van der Waals surface area contributed by atoms with Gasteiger partial charge < -0.3 is 0 Å². The van der Waals surface area contributed by atoms with Crippen molar-refractivity contribution < 1.29 is 25.8 Å². The molecule has 14 heavy (non-hydrogen) atoms. The van der Waals surface area contributed by atoms with Crippen molar-refractivity contribution in [1.82, 2.24) is 0 Å². The Morgan fingerprint density at radius 2 is 1.86 bits per heavy atom. The zero-order valence-corrected chi connectivity index (χ0v) is 8.78. The molecular formula is C7H13F3O3S. The van der Waals surface area contributed by atoms with Crippen LogP contribution in [-0.2, 0) is 14.3 Å². The van der Waals surface area contributed by atoms with Crippen molar-refractivity contribution in [3.63, 3.8) is 0 Å². The third kappa shape index (κ3) is 4.28. The summed E-state index contributed by atoms with van der Waals surface area (Å²) in [7, 11) is -5.40. The van der Waals surface area contributed by atoms with Crippen molar-refractivity contribution in [2.75, 3.05) is 6.61 Å². The normalized spacial score (nSPS) is 15.5. The van der Waals surface area contributed by atoms with Gasteiger partial charge in [-0.1, -0.05) is 20.3 Å². The highest BCUT2D eigenvalue weighted by molar-refractivity contribution is 7.87. The van der Waals surface area contributed by atoms with E-state index >= 15 is 0 Å². The van der Waals surface area contributed by atoms with Crippen LogP contribution < -0.4 is 0 Å². The largest absolute Gasteiger partial charge is 0.523 e. The maximum Gasteiger partial charge on any atom is 0.523 e. The van der Waals surface area contributed by atoms with E-state index in [4.69, 9.17) is 0 Å². The van der Waals surface area contributed by atoms with E-state index in [1.54, 1.807) is 0 Å². The molecule has 0 fully saturated rings. The third-order valence-corrected chi connectivity index (χ3v) is 2.87. The topological polar surface area (TPSA) is 43.4 Å². The molecular weight excluding hydrogens is 221 g/mol. The highest BCUT2D eigenvalue weighted by atomic mass is 32.2. The molecule has 3 nitrogen and oxygen atoms in total. The van der Waals surface area contributed by atoms with Gasteiger partial charge >= 0.3 is 15.6 Å². The summed E-state index contributed by atoms with van der Waals surface area (Å²) in [6.07, 6.45) is 1.07. The Bertz CT molecular complexity index is 258. The maximum absolute atomic E-state index is 11.7. The van der Waals surface area contributed by atoms with Gasteiger partial charge in [0.2, 0.25) is 0 Å². The average molecular weight is 234 g/mol. The second-order valence-electron chi connectivity index (χ2n) is 3.02. The standard InChI is InChI=1S/C7H13F3O3S/c1-3-6(2)4-5-13-14(11,12)7(8,9)10/h6H,3-5H2,1-2H3/t6-/m0/s1. The zero-order valence-electron chi connectivity index (χ0n) is 7.97. The van der Waals surface area contributed by atoms with Gasteiger partial charge in [0, 0.05) is 0 Å². The zero-order chi connectivity index (χ0) is 11.4. The molecule has 86 valence electrons. The predicted molar refractivity (Wildman–Crippen MR) is 45.0 cm³/mol. The van der Waals surface area contributed by atoms with Crippen molar-refractivity contribution in [3.05, 3.63) is 0 Å². The molecule has 0 spiro atoms. The molecule has 0 saturated heterocycles. The molecule has 0 N–H and O–H groups in total. The van der Waals surface area contributed by atoms with E-state index in [-0.39, 0.29) is 5.92 Å². The van der Waals surface area contributed by atoms with Crippen LogP contribution in [-0.4, -0.2) is 20.5 Å². The smallest absolute Gasteiger partial charge is 0.263 e. The van der Waals surface area contributed by atoms with Crippen molar-refractivity contribution in [3.8, 4) is 0 Å². The van der Waals surface area contributed by atoms with Crippen molar-refractivity contribution in [2.45, 2.75) is 32.2 Å². The molecule has 0 unspecified atom stereocenters. The van der Waals surface area contributed by atoms with Gasteiger partial charge in [-0.15, -0.1) is 0 Å². The minimum absolute atomic E-state index is 0.151. The predicted octanol–water partition coefficient (Wildman–Crippen LogP) is 2.29. The summed E-state index contributed by atoms with van der Waals surface area (Å²) in [6.45, 7) is 3.25. The van der Waals surface area contributed by atoms with Crippen LogP contribution in [0.2, 0.25) is 0 Å². The van der Waals surface area contributed by atoms with E-state index in [9.17, 15) is 21.6 Å². The second-order valence-corrected chi connectivity index (χ2v) is 4.63. The van der Waals surface area contributed by atoms with Gasteiger partial charge in [-0.25, -0.2) is 0 Å². The summed E-state index contributed by atoms with van der Waals surface area (Å²) in [5, 5.41) is 0. The molecule has 0 aliphatic carbocycles. The lowest BCUT2D eigenvalue weighted by molar-refractivity contribution is -0.0544. The van der Waals surface area contributed by atoms with Crippen molar-refractivity contribution in [2.24, 2.45) is 5.92 Å². The molecule has 1 atom stereocenters. The molecule has 0 aliphatic rings. The first-order valence-corrected chi connectivity index (χ1v) is 5.57. The van der Waals surface area contributed by atoms with Crippen LogP contribution in [0.4, 0.5) is 13.2 Å². The minimum atomic E-state index is -5.40. The Balaban J connectivity index is 4.03. The average Bonchev–Trinajstić information content (AvgIpc) is 2.01. The van der Waals surface area contributed by atoms with E-state index in [0.29, 0.717) is 6.42 Å². The first kappa shape index (κ1) is 13.7.